The van der Waals surface area contributed by atoms with E-state index in [1.54, 1.807) is 0 Å². The summed E-state index contributed by atoms with van der Waals surface area (Å²) < 4.78 is 1.11. The Hall–Kier alpha value is -0.380. The van der Waals surface area contributed by atoms with Gasteiger partial charge >= 0.3 is 0 Å². The molecule has 0 radical (unpaired) electrons. The van der Waals surface area contributed by atoms with Crippen molar-refractivity contribution in [3.05, 3.63) is 33.8 Å². The first-order valence-electron chi connectivity index (χ1n) is 6.30. The van der Waals surface area contributed by atoms with E-state index in [1.165, 1.54) is 24.0 Å². The highest BCUT2D eigenvalue weighted by Crippen LogP contribution is 2.27. The summed E-state index contributed by atoms with van der Waals surface area (Å²) in [6, 6.07) is 6.61. The van der Waals surface area contributed by atoms with Gasteiger partial charge in [0, 0.05) is 10.5 Å². The highest BCUT2D eigenvalue weighted by atomic mass is 79.9. The fraction of sp³-hybridized carbons (Fsp3) is 0.571. The number of hydrazine groups is 1. The molecule has 0 saturated carbocycles. The van der Waals surface area contributed by atoms with Gasteiger partial charge in [-0.15, -0.1) is 0 Å². The molecule has 0 spiro atoms. The van der Waals surface area contributed by atoms with Crippen LogP contribution in [0.15, 0.2) is 22.7 Å². The van der Waals surface area contributed by atoms with E-state index in [0.29, 0.717) is 5.92 Å². The van der Waals surface area contributed by atoms with Gasteiger partial charge in [-0.1, -0.05) is 48.7 Å². The van der Waals surface area contributed by atoms with Crippen LogP contribution in [0.25, 0.3) is 0 Å². The number of aryl methyl sites for hydroxylation is 1. The van der Waals surface area contributed by atoms with Crippen molar-refractivity contribution in [2.24, 2.45) is 11.8 Å². The first-order chi connectivity index (χ1) is 8.08. The van der Waals surface area contributed by atoms with Crippen molar-refractivity contribution in [2.75, 3.05) is 0 Å². The van der Waals surface area contributed by atoms with Crippen LogP contribution in [0.2, 0.25) is 0 Å². The number of rotatable bonds is 6. The normalized spacial score (nSPS) is 14.6. The number of hydrogen-bond donors (Lipinski definition) is 2. The fourth-order valence-corrected chi connectivity index (χ4v) is 2.66. The van der Waals surface area contributed by atoms with Gasteiger partial charge in [0.15, 0.2) is 0 Å². The Labute approximate surface area is 113 Å². The van der Waals surface area contributed by atoms with E-state index in [9.17, 15) is 0 Å². The number of nitrogens with two attached hydrogens (primary N) is 1. The van der Waals surface area contributed by atoms with Crippen LogP contribution in [0.3, 0.4) is 0 Å². The quantitative estimate of drug-likeness (QED) is 0.613. The third kappa shape index (κ3) is 4.41. The first-order valence-corrected chi connectivity index (χ1v) is 7.10. The molecule has 2 unspecified atom stereocenters. The zero-order valence-corrected chi connectivity index (χ0v) is 12.5. The van der Waals surface area contributed by atoms with E-state index in [0.717, 1.165) is 10.9 Å². The second-order valence-electron chi connectivity index (χ2n) is 4.85. The van der Waals surface area contributed by atoms with Gasteiger partial charge in [-0.2, -0.15) is 0 Å². The molecule has 17 heavy (non-hydrogen) atoms. The maximum atomic E-state index is 5.70. The van der Waals surface area contributed by atoms with Crippen molar-refractivity contribution in [2.45, 2.75) is 46.1 Å². The molecule has 0 amide bonds. The Morgan fingerprint density at radius 2 is 2.12 bits per heavy atom. The number of benzene rings is 1. The molecule has 0 aliphatic rings. The van der Waals surface area contributed by atoms with Gasteiger partial charge in [0.25, 0.3) is 0 Å². The van der Waals surface area contributed by atoms with Crippen LogP contribution in [-0.2, 0) is 0 Å². The maximum absolute atomic E-state index is 5.70. The topological polar surface area (TPSA) is 38.0 Å². The third-order valence-corrected chi connectivity index (χ3v) is 3.73. The van der Waals surface area contributed by atoms with E-state index < -0.39 is 0 Å². The van der Waals surface area contributed by atoms with Gasteiger partial charge in [0.05, 0.1) is 0 Å². The van der Waals surface area contributed by atoms with Crippen LogP contribution in [0.5, 0.6) is 0 Å². The molecule has 3 heteroatoms. The average molecular weight is 299 g/mol. The summed E-state index contributed by atoms with van der Waals surface area (Å²) >= 11 is 3.52. The van der Waals surface area contributed by atoms with E-state index in [4.69, 9.17) is 5.84 Å². The predicted octanol–water partition coefficient (Wildman–Crippen LogP) is 4.09. The Morgan fingerprint density at radius 1 is 1.41 bits per heavy atom. The molecule has 96 valence electrons. The lowest BCUT2D eigenvalue weighted by atomic mass is 9.91. The monoisotopic (exact) mass is 298 g/mol. The van der Waals surface area contributed by atoms with Crippen molar-refractivity contribution in [3.63, 3.8) is 0 Å². The molecule has 2 nitrogen and oxygen atoms in total. The van der Waals surface area contributed by atoms with Gasteiger partial charge in [0.1, 0.15) is 0 Å². The van der Waals surface area contributed by atoms with E-state index in [1.807, 2.05) is 0 Å². The van der Waals surface area contributed by atoms with Crippen LogP contribution in [0.1, 0.15) is 50.3 Å². The molecule has 1 aromatic carbocycles. The average Bonchev–Trinajstić information content (AvgIpc) is 2.30. The van der Waals surface area contributed by atoms with Crippen molar-refractivity contribution in [1.82, 2.24) is 5.43 Å². The highest BCUT2D eigenvalue weighted by molar-refractivity contribution is 9.10. The molecular formula is C14H23BrN2. The molecule has 2 atom stereocenters. The molecule has 0 saturated heterocycles. The van der Waals surface area contributed by atoms with Crippen LogP contribution in [-0.4, -0.2) is 0 Å². The molecule has 0 heterocycles. The van der Waals surface area contributed by atoms with Crippen molar-refractivity contribution in [3.8, 4) is 0 Å². The summed E-state index contributed by atoms with van der Waals surface area (Å²) in [6.45, 7) is 6.66. The van der Waals surface area contributed by atoms with Crippen molar-refractivity contribution >= 4 is 15.9 Å². The lowest BCUT2D eigenvalue weighted by Gasteiger charge is -2.22. The number of nitrogens with one attached hydrogen (secondary N) is 1. The molecule has 0 bridgehead atoms. The summed E-state index contributed by atoms with van der Waals surface area (Å²) in [6.07, 6.45) is 3.57. The van der Waals surface area contributed by atoms with Gasteiger partial charge in [-0.05, 0) is 42.5 Å². The van der Waals surface area contributed by atoms with Crippen LogP contribution in [0.4, 0.5) is 0 Å². The summed E-state index contributed by atoms with van der Waals surface area (Å²) in [5.41, 5.74) is 5.54. The van der Waals surface area contributed by atoms with Gasteiger partial charge in [-0.25, -0.2) is 0 Å². The molecule has 0 aliphatic carbocycles. The second kappa shape index (κ2) is 7.14. The summed E-state index contributed by atoms with van der Waals surface area (Å²) in [5, 5.41) is 0. The highest BCUT2D eigenvalue weighted by Gasteiger charge is 2.15. The Bertz CT molecular complexity index is 352. The first kappa shape index (κ1) is 14.7. The fourth-order valence-electron chi connectivity index (χ4n) is 2.28. The standard InChI is InChI=1S/C14H23BrN2/c1-4-5-10(2)8-14(17-16)13-9-12(15)7-6-11(13)3/h6-7,9-10,14,17H,4-5,8,16H2,1-3H3. The molecule has 0 fully saturated rings. The van der Waals surface area contributed by atoms with Crippen LogP contribution in [0, 0.1) is 12.8 Å². The van der Waals surface area contributed by atoms with E-state index in [2.05, 4.69) is 60.3 Å². The van der Waals surface area contributed by atoms with Crippen LogP contribution < -0.4 is 11.3 Å². The van der Waals surface area contributed by atoms with Gasteiger partial charge in [0.2, 0.25) is 0 Å². The Morgan fingerprint density at radius 3 is 2.71 bits per heavy atom. The molecule has 0 aliphatic heterocycles. The van der Waals surface area contributed by atoms with Crippen molar-refractivity contribution < 1.29 is 0 Å². The molecular weight excluding hydrogens is 276 g/mol. The number of hydrogen-bond acceptors (Lipinski definition) is 2. The smallest absolute Gasteiger partial charge is 0.0465 e. The van der Waals surface area contributed by atoms with Gasteiger partial charge in [-0.3, -0.25) is 11.3 Å². The predicted molar refractivity (Wildman–Crippen MR) is 77.6 cm³/mol. The Kier molecular flexibility index (Phi) is 6.17. The second-order valence-corrected chi connectivity index (χ2v) is 5.77. The minimum atomic E-state index is 0.244. The molecule has 1 rings (SSSR count). The summed E-state index contributed by atoms with van der Waals surface area (Å²) in [7, 11) is 0. The van der Waals surface area contributed by atoms with Crippen molar-refractivity contribution in [1.29, 1.82) is 0 Å². The minimum absolute atomic E-state index is 0.244. The SMILES string of the molecule is CCCC(C)CC(NN)c1cc(Br)ccc1C. The molecule has 3 N–H and O–H groups in total. The summed E-state index contributed by atoms with van der Waals surface area (Å²) in [4.78, 5) is 0. The maximum Gasteiger partial charge on any atom is 0.0465 e. The lowest BCUT2D eigenvalue weighted by Crippen LogP contribution is -2.30. The minimum Gasteiger partial charge on any atom is -0.271 e. The van der Waals surface area contributed by atoms with Crippen LogP contribution >= 0.6 is 15.9 Å². The number of halogens is 1. The zero-order chi connectivity index (χ0) is 12.8. The molecule has 1 aromatic rings. The van der Waals surface area contributed by atoms with E-state index in [-0.39, 0.29) is 6.04 Å². The van der Waals surface area contributed by atoms with E-state index >= 15 is 0 Å². The third-order valence-electron chi connectivity index (χ3n) is 3.24. The zero-order valence-electron chi connectivity index (χ0n) is 11.0. The molecule has 0 aromatic heterocycles. The summed E-state index contributed by atoms with van der Waals surface area (Å²) in [5.74, 6) is 6.40. The van der Waals surface area contributed by atoms with Gasteiger partial charge < -0.3 is 0 Å². The largest absolute Gasteiger partial charge is 0.271 e. The Balaban J connectivity index is 2.82. The lowest BCUT2D eigenvalue weighted by molar-refractivity contribution is 0.393.